The van der Waals surface area contributed by atoms with Gasteiger partial charge in [0.05, 0.1) is 0 Å². The summed E-state index contributed by atoms with van der Waals surface area (Å²) in [5.41, 5.74) is 0. The molecule has 6 heteroatoms. The molecule has 0 aromatic rings. The van der Waals surface area contributed by atoms with Crippen molar-refractivity contribution in [1.29, 1.82) is 0 Å². The first-order chi connectivity index (χ1) is 33.0. The third-order valence-electron chi connectivity index (χ3n) is 11.2. The fourth-order valence-electron chi connectivity index (χ4n) is 7.06. The van der Waals surface area contributed by atoms with Crippen molar-refractivity contribution < 1.29 is 28.6 Å². The summed E-state index contributed by atoms with van der Waals surface area (Å²) in [7, 11) is 0. The summed E-state index contributed by atoms with van der Waals surface area (Å²) in [6.45, 7) is 6.48. The van der Waals surface area contributed by atoms with Gasteiger partial charge in [0.25, 0.3) is 0 Å². The molecule has 0 unspecified atom stereocenters. The lowest BCUT2D eigenvalue weighted by atomic mass is 10.1. The maximum absolute atomic E-state index is 12.8. The summed E-state index contributed by atoms with van der Waals surface area (Å²) < 4.78 is 16.7. The zero-order chi connectivity index (χ0) is 48.6. The average molecular weight is 929 g/mol. The molecule has 0 heterocycles. The molecule has 0 aliphatic heterocycles. The van der Waals surface area contributed by atoms with E-state index in [0.29, 0.717) is 19.3 Å². The van der Waals surface area contributed by atoms with Crippen LogP contribution in [0.15, 0.2) is 109 Å². The highest BCUT2D eigenvalue weighted by Crippen LogP contribution is 2.12. The Morgan fingerprint density at radius 3 is 0.940 bits per heavy atom. The van der Waals surface area contributed by atoms with Gasteiger partial charge in [0.2, 0.25) is 0 Å². The quantitative estimate of drug-likeness (QED) is 0.0262. The summed E-state index contributed by atoms with van der Waals surface area (Å²) in [5, 5.41) is 0. The van der Waals surface area contributed by atoms with Crippen molar-refractivity contribution in [1.82, 2.24) is 0 Å². The number of ether oxygens (including phenoxy) is 3. The number of carbonyl (C=O) groups excluding carboxylic acids is 3. The molecule has 0 aliphatic rings. The highest BCUT2D eigenvalue weighted by molar-refractivity contribution is 5.71. The fraction of sp³-hybridized carbons (Fsp3) is 0.656. The van der Waals surface area contributed by atoms with Crippen LogP contribution in [0, 0.1) is 0 Å². The molecule has 0 saturated carbocycles. The van der Waals surface area contributed by atoms with Gasteiger partial charge in [-0.25, -0.2) is 0 Å². The van der Waals surface area contributed by atoms with Crippen molar-refractivity contribution in [3.05, 3.63) is 109 Å². The van der Waals surface area contributed by atoms with Crippen LogP contribution < -0.4 is 0 Å². The summed E-state index contributed by atoms with van der Waals surface area (Å²) >= 11 is 0. The second-order valence-corrected chi connectivity index (χ2v) is 17.8. The van der Waals surface area contributed by atoms with Gasteiger partial charge in [-0.1, -0.05) is 201 Å². The molecule has 0 bridgehead atoms. The van der Waals surface area contributed by atoms with Crippen LogP contribution >= 0.6 is 0 Å². The Labute approximate surface area is 412 Å². The zero-order valence-electron chi connectivity index (χ0n) is 43.4. The second-order valence-electron chi connectivity index (χ2n) is 17.8. The van der Waals surface area contributed by atoms with E-state index in [0.717, 1.165) is 103 Å². The first-order valence-electron chi connectivity index (χ1n) is 27.4. The van der Waals surface area contributed by atoms with Crippen molar-refractivity contribution in [2.75, 3.05) is 13.2 Å². The van der Waals surface area contributed by atoms with Crippen LogP contribution in [0.4, 0.5) is 0 Å². The molecule has 67 heavy (non-hydrogen) atoms. The molecule has 0 rings (SSSR count). The van der Waals surface area contributed by atoms with E-state index >= 15 is 0 Å². The van der Waals surface area contributed by atoms with Crippen LogP contribution in [0.25, 0.3) is 0 Å². The Morgan fingerprint density at radius 1 is 0.299 bits per heavy atom. The topological polar surface area (TPSA) is 78.9 Å². The number of rotatable bonds is 48. The molecular formula is C61H100O6. The molecule has 0 saturated heterocycles. The van der Waals surface area contributed by atoms with Gasteiger partial charge < -0.3 is 14.2 Å². The predicted octanol–water partition coefficient (Wildman–Crippen LogP) is 18.3. The molecule has 0 N–H and O–H groups in total. The Kier molecular flexibility index (Phi) is 51.5. The molecule has 0 aromatic carbocycles. The minimum absolute atomic E-state index is 0.116. The molecule has 6 nitrogen and oxygen atoms in total. The molecule has 0 aliphatic carbocycles. The lowest BCUT2D eigenvalue weighted by Crippen LogP contribution is -2.30. The minimum atomic E-state index is -0.825. The van der Waals surface area contributed by atoms with E-state index in [-0.39, 0.29) is 37.5 Å². The highest BCUT2D eigenvalue weighted by Gasteiger charge is 2.19. The smallest absolute Gasteiger partial charge is 0.306 e. The predicted molar refractivity (Wildman–Crippen MR) is 288 cm³/mol. The first-order valence-corrected chi connectivity index (χ1v) is 27.4. The Balaban J connectivity index is 4.55. The van der Waals surface area contributed by atoms with E-state index in [4.69, 9.17) is 14.2 Å². The van der Waals surface area contributed by atoms with Gasteiger partial charge in [-0.2, -0.15) is 0 Å². The Morgan fingerprint density at radius 2 is 0.552 bits per heavy atom. The van der Waals surface area contributed by atoms with Crippen LogP contribution in [0.2, 0.25) is 0 Å². The van der Waals surface area contributed by atoms with Crippen molar-refractivity contribution in [2.24, 2.45) is 0 Å². The maximum atomic E-state index is 12.8. The third-order valence-corrected chi connectivity index (χ3v) is 11.2. The lowest BCUT2D eigenvalue weighted by molar-refractivity contribution is -0.167. The van der Waals surface area contributed by atoms with Gasteiger partial charge in [-0.05, 0) is 128 Å². The molecule has 1 atom stereocenters. The Hall–Kier alpha value is -3.93. The molecule has 0 spiro atoms. The van der Waals surface area contributed by atoms with Crippen LogP contribution in [-0.2, 0) is 28.6 Å². The SMILES string of the molecule is CCCCC/C=C/C/C=C/C/C=C/C/C=C/CCCCCC(=O)OC[C@@H](COC(=O)CCCCCCC/C=C/CCCCCC)OC(=O)CCC/C=C/C/C=C/C/C=C/C/C=C/CCCCC. The standard InChI is InChI=1S/C61H100O6/c1-4-7-10-13-16-19-22-25-27-29-30-32-33-36-39-42-45-48-51-54-60(63)66-57-58(56-65-59(62)53-50-47-44-41-38-35-24-21-18-15-12-9-6-3)67-61(64)55-52-49-46-43-40-37-34-31-28-26-23-20-17-14-11-8-5-2/h16-17,19-21,24-28,30,32,34,36-37,39,43,46,58H,4-15,18,22-23,29,31,33,35,38,40-42,44-45,47-57H2,1-3H3/b19-16+,20-17+,24-21+,27-25+,28-26+,32-30+,37-34+,39-36+,46-43+/t58-/m1/s1. The minimum Gasteiger partial charge on any atom is -0.462 e. The maximum Gasteiger partial charge on any atom is 0.306 e. The second kappa shape index (κ2) is 54.7. The van der Waals surface area contributed by atoms with E-state index in [1.807, 2.05) is 0 Å². The van der Waals surface area contributed by atoms with Gasteiger partial charge in [0.15, 0.2) is 6.10 Å². The van der Waals surface area contributed by atoms with E-state index in [2.05, 4.69) is 130 Å². The van der Waals surface area contributed by atoms with Crippen LogP contribution in [0.5, 0.6) is 0 Å². The molecule has 380 valence electrons. The van der Waals surface area contributed by atoms with Gasteiger partial charge >= 0.3 is 17.9 Å². The van der Waals surface area contributed by atoms with Crippen LogP contribution in [0.3, 0.4) is 0 Å². The molecule has 0 aromatic heterocycles. The van der Waals surface area contributed by atoms with E-state index < -0.39 is 6.10 Å². The number of hydrogen-bond acceptors (Lipinski definition) is 6. The van der Waals surface area contributed by atoms with Crippen LogP contribution in [0.1, 0.15) is 239 Å². The summed E-state index contributed by atoms with van der Waals surface area (Å²) in [6.07, 6.45) is 73.6. The van der Waals surface area contributed by atoms with Crippen LogP contribution in [-0.4, -0.2) is 37.2 Å². The highest BCUT2D eigenvalue weighted by atomic mass is 16.6. The van der Waals surface area contributed by atoms with Crippen molar-refractivity contribution in [2.45, 2.75) is 245 Å². The number of carbonyl (C=O) groups is 3. The zero-order valence-corrected chi connectivity index (χ0v) is 43.4. The molecule has 0 fully saturated rings. The van der Waals surface area contributed by atoms with Gasteiger partial charge in [0, 0.05) is 19.3 Å². The number of hydrogen-bond donors (Lipinski definition) is 0. The summed E-state index contributed by atoms with van der Waals surface area (Å²) in [4.78, 5) is 38.0. The first kappa shape index (κ1) is 63.1. The largest absolute Gasteiger partial charge is 0.462 e. The summed E-state index contributed by atoms with van der Waals surface area (Å²) in [5.74, 6) is -1.02. The van der Waals surface area contributed by atoms with E-state index in [1.54, 1.807) is 0 Å². The van der Waals surface area contributed by atoms with Crippen molar-refractivity contribution in [3.63, 3.8) is 0 Å². The van der Waals surface area contributed by atoms with E-state index in [9.17, 15) is 14.4 Å². The van der Waals surface area contributed by atoms with Gasteiger partial charge in [0.1, 0.15) is 13.2 Å². The number of esters is 3. The van der Waals surface area contributed by atoms with Crippen molar-refractivity contribution in [3.8, 4) is 0 Å². The molecular weight excluding hydrogens is 829 g/mol. The number of unbranched alkanes of at least 4 members (excludes halogenated alkanes) is 19. The van der Waals surface area contributed by atoms with E-state index in [1.165, 1.54) is 89.9 Å². The normalized spacial score (nSPS) is 12.9. The third kappa shape index (κ3) is 52.9. The average Bonchev–Trinajstić information content (AvgIpc) is 3.33. The lowest BCUT2D eigenvalue weighted by Gasteiger charge is -2.18. The van der Waals surface area contributed by atoms with Gasteiger partial charge in [-0.3, -0.25) is 14.4 Å². The fourth-order valence-corrected chi connectivity index (χ4v) is 7.06. The Bertz CT molecular complexity index is 1390. The van der Waals surface area contributed by atoms with Gasteiger partial charge in [-0.15, -0.1) is 0 Å². The molecule has 0 amide bonds. The van der Waals surface area contributed by atoms with Crippen molar-refractivity contribution >= 4 is 17.9 Å². The monoisotopic (exact) mass is 929 g/mol. The molecule has 0 radical (unpaired) electrons. The number of allylic oxidation sites excluding steroid dienone is 18. The summed E-state index contributed by atoms with van der Waals surface area (Å²) in [6, 6.07) is 0.